The van der Waals surface area contributed by atoms with Crippen LogP contribution in [0.5, 0.6) is 5.75 Å². The Labute approximate surface area is 77.8 Å². The molecule has 0 unspecified atom stereocenters. The molecule has 0 spiro atoms. The summed E-state index contributed by atoms with van der Waals surface area (Å²) in [7, 11) is 1.45. The summed E-state index contributed by atoms with van der Waals surface area (Å²) in [4.78, 5) is 3.61. The van der Waals surface area contributed by atoms with Crippen LogP contribution < -0.4 is 4.74 Å². The highest BCUT2D eigenvalue weighted by Gasteiger charge is 2.04. The second-order valence-corrected chi connectivity index (χ2v) is 2.94. The van der Waals surface area contributed by atoms with E-state index in [9.17, 15) is 4.39 Å². The number of hydrogen-bond donors (Lipinski definition) is 0. The molecule has 0 atom stereocenters. The number of halogens is 1. The molecule has 0 aromatic carbocycles. The molecular weight excluding hydrogens is 169 g/mol. The van der Waals surface area contributed by atoms with Gasteiger partial charge in [-0.2, -0.15) is 4.39 Å². The number of aryl methyl sites for hydroxylation is 1. The molecule has 13 heavy (non-hydrogen) atoms. The second-order valence-electron chi connectivity index (χ2n) is 2.94. The maximum absolute atomic E-state index is 12.9. The fourth-order valence-corrected chi connectivity index (χ4v) is 1.13. The Bertz CT molecular complexity index is 276. The summed E-state index contributed by atoms with van der Waals surface area (Å²) in [5, 5.41) is 0. The zero-order chi connectivity index (χ0) is 9.68. The quantitative estimate of drug-likeness (QED) is 0.669. The molecule has 0 fully saturated rings. The Morgan fingerprint density at radius 2 is 2.31 bits per heavy atom. The van der Waals surface area contributed by atoms with Gasteiger partial charge in [0, 0.05) is 6.20 Å². The molecule has 2 nitrogen and oxygen atoms in total. The van der Waals surface area contributed by atoms with E-state index in [-0.39, 0.29) is 5.75 Å². The van der Waals surface area contributed by atoms with Gasteiger partial charge in [0.1, 0.15) is 0 Å². The van der Waals surface area contributed by atoms with Crippen LogP contribution in [0.25, 0.3) is 0 Å². The van der Waals surface area contributed by atoms with Crippen LogP contribution in [-0.4, -0.2) is 12.1 Å². The summed E-state index contributed by atoms with van der Waals surface area (Å²) >= 11 is 0. The molecule has 0 bridgehead atoms. The number of rotatable bonds is 4. The molecule has 0 saturated carbocycles. The first-order valence-corrected chi connectivity index (χ1v) is 4.46. The monoisotopic (exact) mass is 183 g/mol. The molecule has 3 heteroatoms. The van der Waals surface area contributed by atoms with Crippen molar-refractivity contribution in [2.45, 2.75) is 26.2 Å². The molecule has 0 saturated heterocycles. The van der Waals surface area contributed by atoms with E-state index in [4.69, 9.17) is 4.74 Å². The van der Waals surface area contributed by atoms with Crippen molar-refractivity contribution < 1.29 is 9.13 Å². The molecule has 0 aliphatic rings. The predicted molar refractivity (Wildman–Crippen MR) is 49.4 cm³/mol. The predicted octanol–water partition coefficient (Wildman–Crippen LogP) is 2.57. The van der Waals surface area contributed by atoms with Crippen molar-refractivity contribution in [3.05, 3.63) is 23.8 Å². The van der Waals surface area contributed by atoms with Gasteiger partial charge in [-0.05, 0) is 24.5 Å². The highest BCUT2D eigenvalue weighted by atomic mass is 19.1. The van der Waals surface area contributed by atoms with Crippen LogP contribution in [0.3, 0.4) is 0 Å². The van der Waals surface area contributed by atoms with Gasteiger partial charge in [0.2, 0.25) is 0 Å². The highest BCUT2D eigenvalue weighted by molar-refractivity contribution is 5.24. The van der Waals surface area contributed by atoms with Gasteiger partial charge in [0.15, 0.2) is 5.75 Å². The number of methoxy groups -OCH3 is 1. The largest absolute Gasteiger partial charge is 0.492 e. The van der Waals surface area contributed by atoms with Gasteiger partial charge in [0.25, 0.3) is 5.95 Å². The van der Waals surface area contributed by atoms with E-state index < -0.39 is 5.95 Å². The molecular formula is C10H14FNO. The molecule has 0 aliphatic carbocycles. The van der Waals surface area contributed by atoms with Crippen LogP contribution in [-0.2, 0) is 6.42 Å². The van der Waals surface area contributed by atoms with Crippen LogP contribution in [0.15, 0.2) is 12.3 Å². The molecule has 0 radical (unpaired) electrons. The van der Waals surface area contributed by atoms with Gasteiger partial charge >= 0.3 is 0 Å². The third-order valence-electron chi connectivity index (χ3n) is 1.90. The fraction of sp³-hybridized carbons (Fsp3) is 0.500. The van der Waals surface area contributed by atoms with Crippen molar-refractivity contribution >= 4 is 0 Å². The van der Waals surface area contributed by atoms with Crippen molar-refractivity contribution in [3.8, 4) is 5.75 Å². The minimum absolute atomic E-state index is 0.230. The maximum atomic E-state index is 12.9. The van der Waals surface area contributed by atoms with Crippen LogP contribution in [0.2, 0.25) is 0 Å². The van der Waals surface area contributed by atoms with Gasteiger partial charge in [-0.1, -0.05) is 13.3 Å². The number of nitrogens with zero attached hydrogens (tertiary/aromatic N) is 1. The van der Waals surface area contributed by atoms with E-state index in [2.05, 4.69) is 11.9 Å². The van der Waals surface area contributed by atoms with Crippen molar-refractivity contribution in [2.75, 3.05) is 7.11 Å². The topological polar surface area (TPSA) is 22.1 Å². The Kier molecular flexibility index (Phi) is 3.68. The van der Waals surface area contributed by atoms with Crippen molar-refractivity contribution in [1.82, 2.24) is 4.98 Å². The third-order valence-corrected chi connectivity index (χ3v) is 1.90. The van der Waals surface area contributed by atoms with Crippen molar-refractivity contribution in [3.63, 3.8) is 0 Å². The Balaban J connectivity index is 2.74. The van der Waals surface area contributed by atoms with Crippen LogP contribution in [0.4, 0.5) is 4.39 Å². The first-order valence-electron chi connectivity index (χ1n) is 4.46. The fourth-order valence-electron chi connectivity index (χ4n) is 1.13. The zero-order valence-electron chi connectivity index (χ0n) is 8.01. The third kappa shape index (κ3) is 2.68. The average Bonchev–Trinajstić information content (AvgIpc) is 2.16. The van der Waals surface area contributed by atoms with E-state index in [0.717, 1.165) is 24.8 Å². The molecule has 1 aromatic heterocycles. The van der Waals surface area contributed by atoms with Crippen LogP contribution in [0.1, 0.15) is 25.3 Å². The lowest BCUT2D eigenvalue weighted by Gasteiger charge is -2.03. The van der Waals surface area contributed by atoms with E-state index >= 15 is 0 Å². The smallest absolute Gasteiger partial charge is 0.255 e. The summed E-state index contributed by atoms with van der Waals surface area (Å²) in [6, 6.07) is 1.71. The van der Waals surface area contributed by atoms with Gasteiger partial charge in [-0.3, -0.25) is 0 Å². The second kappa shape index (κ2) is 4.80. The molecule has 0 amide bonds. The lowest BCUT2D eigenvalue weighted by atomic mass is 10.1. The van der Waals surface area contributed by atoms with Crippen molar-refractivity contribution in [1.29, 1.82) is 0 Å². The number of unbranched alkanes of at least 4 members (excludes halogenated alkanes) is 1. The molecule has 72 valence electrons. The lowest BCUT2D eigenvalue weighted by Crippen LogP contribution is -1.94. The SMILES string of the molecule is CCCCc1cnc(F)c(OC)c1. The van der Waals surface area contributed by atoms with Gasteiger partial charge in [-0.25, -0.2) is 4.98 Å². The minimum atomic E-state index is -0.539. The molecule has 0 aliphatic heterocycles. The Hall–Kier alpha value is -1.12. The molecule has 1 aromatic rings. The van der Waals surface area contributed by atoms with Gasteiger partial charge < -0.3 is 4.74 Å². The number of pyridine rings is 1. The van der Waals surface area contributed by atoms with Crippen LogP contribution >= 0.6 is 0 Å². The number of ether oxygens (including phenoxy) is 1. The van der Waals surface area contributed by atoms with E-state index in [0.29, 0.717) is 0 Å². The van der Waals surface area contributed by atoms with E-state index in [1.165, 1.54) is 7.11 Å². The summed E-state index contributed by atoms with van der Waals surface area (Å²) in [5.74, 6) is -0.309. The minimum Gasteiger partial charge on any atom is -0.492 e. The summed E-state index contributed by atoms with van der Waals surface area (Å²) in [5.41, 5.74) is 1.03. The summed E-state index contributed by atoms with van der Waals surface area (Å²) in [6.07, 6.45) is 4.71. The average molecular weight is 183 g/mol. The molecule has 1 rings (SSSR count). The van der Waals surface area contributed by atoms with Gasteiger partial charge in [-0.15, -0.1) is 0 Å². The lowest BCUT2D eigenvalue weighted by molar-refractivity contribution is 0.377. The summed E-state index contributed by atoms with van der Waals surface area (Å²) in [6.45, 7) is 2.12. The summed E-state index contributed by atoms with van der Waals surface area (Å²) < 4.78 is 17.7. The van der Waals surface area contributed by atoms with Crippen LogP contribution in [0, 0.1) is 5.95 Å². The van der Waals surface area contributed by atoms with E-state index in [1.807, 2.05) is 0 Å². The first-order chi connectivity index (χ1) is 6.27. The first kappa shape index (κ1) is 9.96. The molecule has 1 heterocycles. The highest BCUT2D eigenvalue weighted by Crippen LogP contribution is 2.16. The molecule has 0 N–H and O–H groups in total. The zero-order valence-corrected chi connectivity index (χ0v) is 8.01. The van der Waals surface area contributed by atoms with E-state index in [1.54, 1.807) is 12.3 Å². The van der Waals surface area contributed by atoms with Gasteiger partial charge in [0.05, 0.1) is 7.11 Å². The Morgan fingerprint density at radius 1 is 1.54 bits per heavy atom. The number of aromatic nitrogens is 1. The number of hydrogen-bond acceptors (Lipinski definition) is 2. The normalized spacial score (nSPS) is 10.1. The van der Waals surface area contributed by atoms with Crippen molar-refractivity contribution in [2.24, 2.45) is 0 Å². The maximum Gasteiger partial charge on any atom is 0.255 e. The standard InChI is InChI=1S/C10H14FNO/c1-3-4-5-8-6-9(13-2)10(11)12-7-8/h6-7H,3-5H2,1-2H3. The Morgan fingerprint density at radius 3 is 2.92 bits per heavy atom.